The number of hydrogen-bond donors (Lipinski definition) is 2. The molecule has 2 N–H and O–H groups in total. The molecule has 226 valence electrons. The van der Waals surface area contributed by atoms with Crippen LogP contribution in [0.4, 0.5) is 13.2 Å². The lowest BCUT2D eigenvalue weighted by Gasteiger charge is -2.62. The number of likely N-dealkylation sites (tertiary alicyclic amines) is 1. The molecule has 7 nitrogen and oxygen atoms in total. The standard InChI is InChI=1S/C32H38F3N3O4/c1-5-15-38(4)16-14-30-22-12-9-13-26(30)41-28-27(30)21(18-24(22)38)23(37(2)3)19-31(28,40)36-29(39)25(42-32(33,34)35)17-20-10-7-6-8-11-20/h5-8,10-11,17,19,22,24,26,28,40H,1,9,12-16,18H2,2-4H3/p+1/t22-,24+,26-,28?,30+,31?,38?/m0/s1. The summed E-state index contributed by atoms with van der Waals surface area (Å²) in [5.74, 6) is -1.81. The van der Waals surface area contributed by atoms with Gasteiger partial charge in [-0.15, -0.1) is 13.2 Å². The SMILES string of the molecule is C=CC[N+]1(C)CC[C@@]23C4=C5C[C@@H]1[C@@H]2CCC[C@@H]3OC4C(O)(NC(=O)C(=Cc1ccccc1)OC(F)(F)F)C=C5N(C)C. The Hall–Kier alpha value is -3.08. The van der Waals surface area contributed by atoms with Crippen molar-refractivity contribution in [2.24, 2.45) is 11.3 Å². The number of ether oxygens (including phenoxy) is 2. The number of amides is 1. The Balaban J connectivity index is 1.43. The number of benzene rings is 1. The minimum atomic E-state index is -5.10. The molecule has 1 aromatic rings. The van der Waals surface area contributed by atoms with Crippen LogP contribution < -0.4 is 5.32 Å². The Labute approximate surface area is 244 Å². The highest BCUT2D eigenvalue weighted by molar-refractivity contribution is 5.96. The molecular weight excluding hydrogens is 547 g/mol. The Bertz CT molecular complexity index is 1370. The number of alkyl halides is 3. The summed E-state index contributed by atoms with van der Waals surface area (Å²) in [4.78, 5) is 15.4. The molecule has 2 bridgehead atoms. The third kappa shape index (κ3) is 4.50. The minimum absolute atomic E-state index is 0.143. The second-order valence-corrected chi connectivity index (χ2v) is 12.8. The van der Waals surface area contributed by atoms with Gasteiger partial charge in [-0.05, 0) is 47.8 Å². The van der Waals surface area contributed by atoms with E-state index in [0.29, 0.717) is 17.5 Å². The summed E-state index contributed by atoms with van der Waals surface area (Å²) in [6.45, 7) is 5.84. The number of carbonyl (C=O) groups is 1. The highest BCUT2D eigenvalue weighted by Gasteiger charge is 2.71. The van der Waals surface area contributed by atoms with Crippen molar-refractivity contribution in [2.75, 3.05) is 34.2 Å². The zero-order chi connectivity index (χ0) is 30.1. The maximum atomic E-state index is 13.5. The molecule has 0 radical (unpaired) electrons. The number of hydrogen-bond acceptors (Lipinski definition) is 5. The van der Waals surface area contributed by atoms with Gasteiger partial charge in [0.25, 0.3) is 5.91 Å². The van der Waals surface area contributed by atoms with E-state index in [9.17, 15) is 23.1 Å². The third-order valence-electron chi connectivity index (χ3n) is 10.3. The second kappa shape index (κ2) is 9.99. The van der Waals surface area contributed by atoms with Crippen molar-refractivity contribution < 1.29 is 37.0 Å². The van der Waals surface area contributed by atoms with Crippen LogP contribution in [-0.4, -0.2) is 85.0 Å². The van der Waals surface area contributed by atoms with E-state index >= 15 is 0 Å². The van der Waals surface area contributed by atoms with Crippen LogP contribution in [0.25, 0.3) is 6.08 Å². The first-order valence-corrected chi connectivity index (χ1v) is 14.6. The number of piperidine rings is 1. The molecule has 42 heavy (non-hydrogen) atoms. The molecule has 1 aromatic carbocycles. The molecule has 7 atom stereocenters. The molecule has 10 heteroatoms. The fourth-order valence-electron chi connectivity index (χ4n) is 8.66. The van der Waals surface area contributed by atoms with Crippen LogP contribution >= 0.6 is 0 Å². The molecule has 0 aromatic heterocycles. The van der Waals surface area contributed by atoms with Gasteiger partial charge >= 0.3 is 6.36 Å². The summed E-state index contributed by atoms with van der Waals surface area (Å²) in [5, 5.41) is 14.7. The predicted molar refractivity (Wildman–Crippen MR) is 151 cm³/mol. The van der Waals surface area contributed by atoms with Gasteiger partial charge in [-0.1, -0.05) is 43.3 Å². The lowest BCUT2D eigenvalue weighted by molar-refractivity contribution is -0.940. The average molecular weight is 587 g/mol. The maximum Gasteiger partial charge on any atom is 0.573 e. The summed E-state index contributed by atoms with van der Waals surface area (Å²) in [6, 6.07) is 8.49. The number of quaternary nitrogens is 1. The van der Waals surface area contributed by atoms with Gasteiger partial charge in [-0.2, -0.15) is 0 Å². The van der Waals surface area contributed by atoms with Gasteiger partial charge < -0.3 is 29.3 Å². The molecular formula is C32H39F3N3O4+. The van der Waals surface area contributed by atoms with E-state index in [4.69, 9.17) is 4.74 Å². The van der Waals surface area contributed by atoms with Gasteiger partial charge in [0.05, 0.1) is 32.3 Å². The average Bonchev–Trinajstić information content (AvgIpc) is 3.27. The maximum absolute atomic E-state index is 13.5. The molecule has 6 rings (SSSR count). The van der Waals surface area contributed by atoms with E-state index in [1.165, 1.54) is 0 Å². The molecule has 3 unspecified atom stereocenters. The van der Waals surface area contributed by atoms with Crippen molar-refractivity contribution in [1.82, 2.24) is 10.2 Å². The zero-order valence-electron chi connectivity index (χ0n) is 24.3. The van der Waals surface area contributed by atoms with Crippen molar-refractivity contribution in [3.05, 3.63) is 77.2 Å². The largest absolute Gasteiger partial charge is 0.573 e. The molecule has 1 saturated carbocycles. The van der Waals surface area contributed by atoms with Crippen LogP contribution in [0.3, 0.4) is 0 Å². The number of nitrogens with zero attached hydrogens (tertiary/aromatic N) is 2. The highest BCUT2D eigenvalue weighted by atomic mass is 19.4. The summed E-state index contributed by atoms with van der Waals surface area (Å²) >= 11 is 0. The Kier molecular flexibility index (Phi) is 6.90. The van der Waals surface area contributed by atoms with Crippen molar-refractivity contribution in [2.45, 2.75) is 62.4 Å². The van der Waals surface area contributed by atoms with Gasteiger partial charge in [0.15, 0.2) is 11.5 Å². The highest BCUT2D eigenvalue weighted by Crippen LogP contribution is 2.67. The monoisotopic (exact) mass is 586 g/mol. The molecule has 3 aliphatic carbocycles. The van der Waals surface area contributed by atoms with Crippen LogP contribution in [0.2, 0.25) is 0 Å². The van der Waals surface area contributed by atoms with E-state index in [1.54, 1.807) is 36.4 Å². The fourth-order valence-corrected chi connectivity index (χ4v) is 8.66. The number of nitrogens with one attached hydrogen (secondary N) is 1. The van der Waals surface area contributed by atoms with Crippen LogP contribution in [0.1, 0.15) is 37.7 Å². The number of rotatable bonds is 7. The molecule has 2 heterocycles. The Morgan fingerprint density at radius 3 is 2.69 bits per heavy atom. The second-order valence-electron chi connectivity index (χ2n) is 12.8. The lowest BCUT2D eigenvalue weighted by atomic mass is 9.49. The first kappa shape index (κ1) is 29.0. The van der Waals surface area contributed by atoms with Gasteiger partial charge in [0, 0.05) is 44.0 Å². The summed E-state index contributed by atoms with van der Waals surface area (Å²) in [7, 11) is 6.06. The van der Waals surface area contributed by atoms with Crippen LogP contribution in [0, 0.1) is 11.3 Å². The lowest BCUT2D eigenvalue weighted by Crippen LogP contribution is -2.69. The zero-order valence-corrected chi connectivity index (χ0v) is 24.3. The molecule has 2 saturated heterocycles. The van der Waals surface area contributed by atoms with Crippen molar-refractivity contribution >= 4 is 12.0 Å². The third-order valence-corrected chi connectivity index (χ3v) is 10.3. The molecule has 2 aliphatic heterocycles. The molecule has 1 amide bonds. The minimum Gasteiger partial charge on any atom is -0.400 e. The number of carbonyl (C=O) groups excluding carboxylic acids is 1. The van der Waals surface area contributed by atoms with Crippen LogP contribution in [0.15, 0.2) is 71.7 Å². The summed E-state index contributed by atoms with van der Waals surface area (Å²) in [5.41, 5.74) is 0.856. The van der Waals surface area contributed by atoms with Gasteiger partial charge in [0.1, 0.15) is 6.10 Å². The fraction of sp³-hybridized carbons (Fsp3) is 0.531. The molecule has 5 aliphatic rings. The van der Waals surface area contributed by atoms with Gasteiger partial charge in [-0.25, -0.2) is 0 Å². The number of allylic oxidation sites excluding steroid dienone is 1. The normalized spacial score (nSPS) is 37.0. The smallest absolute Gasteiger partial charge is 0.400 e. The van der Waals surface area contributed by atoms with Gasteiger partial charge in [-0.3, -0.25) is 4.79 Å². The predicted octanol–water partition coefficient (Wildman–Crippen LogP) is 4.49. The number of aliphatic hydroxyl groups is 1. The van der Waals surface area contributed by atoms with E-state index < -0.39 is 29.9 Å². The van der Waals surface area contributed by atoms with E-state index in [0.717, 1.165) is 72.6 Å². The van der Waals surface area contributed by atoms with Crippen molar-refractivity contribution in [1.29, 1.82) is 0 Å². The Morgan fingerprint density at radius 2 is 2.02 bits per heavy atom. The van der Waals surface area contributed by atoms with Crippen molar-refractivity contribution in [3.8, 4) is 0 Å². The Morgan fingerprint density at radius 1 is 1.29 bits per heavy atom. The van der Waals surface area contributed by atoms with E-state index in [-0.39, 0.29) is 11.5 Å². The van der Waals surface area contributed by atoms with Crippen LogP contribution in [0.5, 0.6) is 0 Å². The topological polar surface area (TPSA) is 71.0 Å². The van der Waals surface area contributed by atoms with E-state index in [1.807, 2.05) is 25.1 Å². The summed E-state index contributed by atoms with van der Waals surface area (Å²) < 4.78 is 52.0. The van der Waals surface area contributed by atoms with Gasteiger partial charge in [0.2, 0.25) is 0 Å². The van der Waals surface area contributed by atoms with Crippen LogP contribution in [-0.2, 0) is 14.3 Å². The first-order chi connectivity index (χ1) is 19.8. The first-order valence-electron chi connectivity index (χ1n) is 14.6. The number of halogens is 3. The van der Waals surface area contributed by atoms with Crippen molar-refractivity contribution in [3.63, 3.8) is 0 Å². The molecule has 1 spiro atoms. The number of likely N-dealkylation sites (N-methyl/N-ethyl adjacent to an activating group) is 2. The summed E-state index contributed by atoms with van der Waals surface area (Å²) in [6.07, 6.45) is 2.96. The molecule has 3 fully saturated rings. The quantitative estimate of drug-likeness (QED) is 0.162. The van der Waals surface area contributed by atoms with E-state index in [2.05, 4.69) is 23.7 Å².